The van der Waals surface area contributed by atoms with Crippen molar-refractivity contribution >= 4 is 0 Å². The van der Waals surface area contributed by atoms with Crippen LogP contribution in [0.4, 0.5) is 0 Å². The van der Waals surface area contributed by atoms with Crippen LogP contribution in [-0.2, 0) is 11.2 Å². The molecule has 0 atom stereocenters. The second-order valence-electron chi connectivity index (χ2n) is 5.52. The summed E-state index contributed by atoms with van der Waals surface area (Å²) in [6, 6.07) is 8.43. The van der Waals surface area contributed by atoms with Gasteiger partial charge in [-0.05, 0) is 24.1 Å². The van der Waals surface area contributed by atoms with E-state index in [0.29, 0.717) is 0 Å². The highest BCUT2D eigenvalue weighted by Gasteiger charge is 2.15. The van der Waals surface area contributed by atoms with Crippen molar-refractivity contribution in [3.63, 3.8) is 0 Å². The van der Waals surface area contributed by atoms with Crippen LogP contribution in [-0.4, -0.2) is 69.4 Å². The minimum Gasteiger partial charge on any atom is -0.492 e. The monoisotopic (exact) mass is 292 g/mol. The fraction of sp³-hybridized carbons (Fsp3) is 0.647. The Hall–Kier alpha value is -1.10. The van der Waals surface area contributed by atoms with Crippen molar-refractivity contribution in [3.8, 4) is 5.75 Å². The molecule has 0 unspecified atom stereocenters. The average Bonchev–Trinajstić information content (AvgIpc) is 2.55. The molecule has 0 N–H and O–H groups in total. The predicted octanol–water partition coefficient (Wildman–Crippen LogP) is 1.89. The molecule has 1 saturated heterocycles. The molecule has 1 aromatic rings. The molecule has 118 valence electrons. The molecule has 0 radical (unpaired) electrons. The van der Waals surface area contributed by atoms with E-state index in [1.165, 1.54) is 5.56 Å². The fourth-order valence-corrected chi connectivity index (χ4v) is 2.57. The lowest BCUT2D eigenvalue weighted by molar-refractivity contribution is 0.0894. The maximum Gasteiger partial charge on any atom is 0.119 e. The predicted molar refractivity (Wildman–Crippen MR) is 86.1 cm³/mol. The van der Waals surface area contributed by atoms with E-state index in [1.807, 2.05) is 0 Å². The maximum atomic E-state index is 5.82. The Labute approximate surface area is 128 Å². The topological polar surface area (TPSA) is 24.9 Å². The quantitative estimate of drug-likeness (QED) is 0.730. The summed E-state index contributed by atoms with van der Waals surface area (Å²) in [6.07, 6.45) is 1.08. The van der Waals surface area contributed by atoms with Crippen LogP contribution in [0, 0.1) is 0 Å². The second-order valence-corrected chi connectivity index (χ2v) is 5.52. The summed E-state index contributed by atoms with van der Waals surface area (Å²) in [5.41, 5.74) is 1.36. The lowest BCUT2D eigenvalue weighted by Crippen LogP contribution is -2.48. The summed E-state index contributed by atoms with van der Waals surface area (Å²) >= 11 is 0. The molecule has 1 aliphatic rings. The number of hydrogen-bond acceptors (Lipinski definition) is 4. The molecule has 1 aromatic carbocycles. The molecule has 1 aliphatic heterocycles. The number of rotatable bonds is 8. The summed E-state index contributed by atoms with van der Waals surface area (Å²) in [5, 5.41) is 0. The summed E-state index contributed by atoms with van der Waals surface area (Å²) in [5.74, 6) is 0.978. The molecule has 1 heterocycles. The Morgan fingerprint density at radius 1 is 0.905 bits per heavy atom. The van der Waals surface area contributed by atoms with Crippen molar-refractivity contribution < 1.29 is 9.47 Å². The van der Waals surface area contributed by atoms with E-state index in [9.17, 15) is 0 Å². The van der Waals surface area contributed by atoms with Gasteiger partial charge in [0.2, 0.25) is 0 Å². The van der Waals surface area contributed by atoms with E-state index < -0.39 is 0 Å². The van der Waals surface area contributed by atoms with Gasteiger partial charge in [0.15, 0.2) is 0 Å². The van der Waals surface area contributed by atoms with E-state index in [0.717, 1.165) is 64.7 Å². The largest absolute Gasteiger partial charge is 0.492 e. The van der Waals surface area contributed by atoms with Crippen molar-refractivity contribution in [1.29, 1.82) is 0 Å². The van der Waals surface area contributed by atoms with E-state index in [4.69, 9.17) is 9.47 Å². The van der Waals surface area contributed by atoms with E-state index in [2.05, 4.69) is 41.0 Å². The second kappa shape index (κ2) is 9.03. The van der Waals surface area contributed by atoms with Crippen molar-refractivity contribution in [2.75, 3.05) is 59.6 Å². The smallest absolute Gasteiger partial charge is 0.119 e. The molecule has 21 heavy (non-hydrogen) atoms. The van der Waals surface area contributed by atoms with Gasteiger partial charge >= 0.3 is 0 Å². The first-order chi connectivity index (χ1) is 10.3. The molecule has 0 spiro atoms. The standard InChI is InChI=1S/C17H28N2O2/c1-3-16-4-6-17(7-5-16)21-15-13-19-10-8-18(9-11-19)12-14-20-2/h4-7H,3,8-15H2,1-2H3. The van der Waals surface area contributed by atoms with Crippen molar-refractivity contribution in [3.05, 3.63) is 29.8 Å². The third kappa shape index (κ3) is 5.65. The maximum absolute atomic E-state index is 5.82. The molecule has 0 amide bonds. The van der Waals surface area contributed by atoms with Crippen LogP contribution in [0.1, 0.15) is 12.5 Å². The fourth-order valence-electron chi connectivity index (χ4n) is 2.57. The molecule has 0 saturated carbocycles. The Balaban J connectivity index is 1.61. The normalized spacial score (nSPS) is 17.0. The summed E-state index contributed by atoms with van der Waals surface area (Å²) in [7, 11) is 1.76. The molecule has 0 bridgehead atoms. The first-order valence-corrected chi connectivity index (χ1v) is 7.97. The first-order valence-electron chi connectivity index (χ1n) is 7.97. The third-order valence-corrected chi connectivity index (χ3v) is 4.08. The van der Waals surface area contributed by atoms with Gasteiger partial charge in [-0.3, -0.25) is 9.80 Å². The van der Waals surface area contributed by atoms with Gasteiger partial charge in [0, 0.05) is 46.4 Å². The molecule has 4 heteroatoms. The van der Waals surface area contributed by atoms with Gasteiger partial charge in [-0.15, -0.1) is 0 Å². The zero-order valence-electron chi connectivity index (χ0n) is 13.4. The number of hydrogen-bond donors (Lipinski definition) is 0. The van der Waals surface area contributed by atoms with Gasteiger partial charge in [0.1, 0.15) is 12.4 Å². The van der Waals surface area contributed by atoms with Crippen LogP contribution in [0.3, 0.4) is 0 Å². The van der Waals surface area contributed by atoms with Crippen LogP contribution in [0.5, 0.6) is 5.75 Å². The van der Waals surface area contributed by atoms with Gasteiger partial charge < -0.3 is 9.47 Å². The zero-order valence-corrected chi connectivity index (χ0v) is 13.4. The first kappa shape index (κ1) is 16.3. The molecular weight excluding hydrogens is 264 g/mol. The SMILES string of the molecule is CCc1ccc(OCCN2CCN(CCOC)CC2)cc1. The van der Waals surface area contributed by atoms with Crippen molar-refractivity contribution in [2.45, 2.75) is 13.3 Å². The Morgan fingerprint density at radius 3 is 2.00 bits per heavy atom. The molecule has 2 rings (SSSR count). The highest BCUT2D eigenvalue weighted by atomic mass is 16.5. The van der Waals surface area contributed by atoms with Gasteiger partial charge in [0.05, 0.1) is 6.61 Å². The summed E-state index contributed by atoms with van der Waals surface area (Å²) < 4.78 is 11.0. The Bertz CT molecular complexity index is 386. The highest BCUT2D eigenvalue weighted by molar-refractivity contribution is 5.27. The van der Waals surface area contributed by atoms with E-state index in [-0.39, 0.29) is 0 Å². The minimum atomic E-state index is 0.767. The van der Waals surface area contributed by atoms with Gasteiger partial charge in [-0.1, -0.05) is 19.1 Å². The summed E-state index contributed by atoms with van der Waals surface area (Å²) in [6.45, 7) is 10.3. The van der Waals surface area contributed by atoms with Crippen LogP contribution < -0.4 is 4.74 Å². The van der Waals surface area contributed by atoms with Crippen molar-refractivity contribution in [2.24, 2.45) is 0 Å². The van der Waals surface area contributed by atoms with Gasteiger partial charge in [0.25, 0.3) is 0 Å². The number of nitrogens with zero attached hydrogens (tertiary/aromatic N) is 2. The van der Waals surface area contributed by atoms with Gasteiger partial charge in [-0.25, -0.2) is 0 Å². The number of methoxy groups -OCH3 is 1. The van der Waals surface area contributed by atoms with Crippen molar-refractivity contribution in [1.82, 2.24) is 9.80 Å². The molecule has 1 fully saturated rings. The molecule has 0 aromatic heterocycles. The number of ether oxygens (including phenoxy) is 2. The van der Waals surface area contributed by atoms with Crippen LogP contribution in [0.15, 0.2) is 24.3 Å². The van der Waals surface area contributed by atoms with Crippen LogP contribution in [0.25, 0.3) is 0 Å². The Kier molecular flexibility index (Phi) is 7.00. The lowest BCUT2D eigenvalue weighted by Gasteiger charge is -2.34. The summed E-state index contributed by atoms with van der Waals surface area (Å²) in [4.78, 5) is 4.94. The lowest BCUT2D eigenvalue weighted by atomic mass is 10.2. The third-order valence-electron chi connectivity index (χ3n) is 4.08. The zero-order chi connectivity index (χ0) is 14.9. The van der Waals surface area contributed by atoms with Crippen LogP contribution in [0.2, 0.25) is 0 Å². The number of piperazine rings is 1. The molecular formula is C17H28N2O2. The van der Waals surface area contributed by atoms with E-state index in [1.54, 1.807) is 7.11 Å². The van der Waals surface area contributed by atoms with E-state index >= 15 is 0 Å². The van der Waals surface area contributed by atoms with Crippen LogP contribution >= 0.6 is 0 Å². The minimum absolute atomic E-state index is 0.767. The molecule has 4 nitrogen and oxygen atoms in total. The number of benzene rings is 1. The molecule has 0 aliphatic carbocycles. The van der Waals surface area contributed by atoms with Gasteiger partial charge in [-0.2, -0.15) is 0 Å². The number of aryl methyl sites for hydroxylation is 1. The highest BCUT2D eigenvalue weighted by Crippen LogP contribution is 2.12. The Morgan fingerprint density at radius 2 is 1.48 bits per heavy atom. The average molecular weight is 292 g/mol.